The van der Waals surface area contributed by atoms with Crippen LogP contribution in [0.15, 0.2) is 28.8 Å². The molecule has 0 saturated carbocycles. The molecule has 0 aliphatic carbocycles. The molecule has 1 amide bonds. The summed E-state index contributed by atoms with van der Waals surface area (Å²) < 4.78 is 14.9. The van der Waals surface area contributed by atoms with Crippen LogP contribution in [0.1, 0.15) is 29.8 Å². The number of carbonyl (C=O) groups is 1. The van der Waals surface area contributed by atoms with E-state index in [9.17, 15) is 9.18 Å². The van der Waals surface area contributed by atoms with Gasteiger partial charge in [-0.1, -0.05) is 5.92 Å². The summed E-state index contributed by atoms with van der Waals surface area (Å²) >= 11 is 1.23. The molecule has 0 fully saturated rings. The summed E-state index contributed by atoms with van der Waals surface area (Å²) in [6, 6.07) is 1.20. The first-order valence-electron chi connectivity index (χ1n) is 7.26. The van der Waals surface area contributed by atoms with Crippen LogP contribution < -0.4 is 5.73 Å². The number of amides is 1. The Balaban J connectivity index is 1.99. The molecule has 1 aliphatic heterocycles. The maximum absolute atomic E-state index is 14.9. The topological polar surface area (TPSA) is 71.6 Å². The molecule has 0 bridgehead atoms. The Hall–Kier alpha value is -2.72. The molecule has 3 heterocycles. The number of aromatic nitrogens is 1. The van der Waals surface area contributed by atoms with Gasteiger partial charge in [0.2, 0.25) is 5.91 Å². The Kier molecular flexibility index (Phi) is 4.32. The minimum absolute atomic E-state index is 0.104. The van der Waals surface area contributed by atoms with Crippen molar-refractivity contribution in [1.29, 1.82) is 0 Å². The first-order valence-corrected chi connectivity index (χ1v) is 8.14. The predicted octanol–water partition coefficient (Wildman–Crippen LogP) is 2.54. The number of hydrogen-bond acceptors (Lipinski definition) is 5. The summed E-state index contributed by atoms with van der Waals surface area (Å²) in [7, 11) is 1.56. The van der Waals surface area contributed by atoms with Crippen LogP contribution >= 0.6 is 11.3 Å². The van der Waals surface area contributed by atoms with Gasteiger partial charge < -0.3 is 5.73 Å². The average Bonchev–Trinajstić information content (AvgIpc) is 2.94. The fraction of sp³-hybridized carbons (Fsp3) is 0.235. The first-order chi connectivity index (χ1) is 11.5. The van der Waals surface area contributed by atoms with Gasteiger partial charge >= 0.3 is 0 Å². The molecule has 2 N–H and O–H groups in total. The highest BCUT2D eigenvalue weighted by atomic mass is 32.1. The van der Waals surface area contributed by atoms with Crippen LogP contribution in [0.3, 0.4) is 0 Å². The Morgan fingerprint density at radius 1 is 1.46 bits per heavy atom. The molecular weight excluding hydrogens is 327 g/mol. The predicted molar refractivity (Wildman–Crippen MR) is 91.8 cm³/mol. The maximum atomic E-state index is 14.9. The molecule has 0 saturated heterocycles. The van der Waals surface area contributed by atoms with Crippen molar-refractivity contribution < 1.29 is 9.18 Å². The molecule has 0 aromatic carbocycles. The number of carbonyl (C=O) groups excluding carboxylic acids is 1. The molecule has 122 valence electrons. The van der Waals surface area contributed by atoms with Gasteiger partial charge in [-0.2, -0.15) is 0 Å². The van der Waals surface area contributed by atoms with E-state index in [1.54, 1.807) is 37.8 Å². The number of rotatable bonds is 2. The number of nitrogens with zero attached hydrogens (tertiary/aromatic N) is 3. The fourth-order valence-electron chi connectivity index (χ4n) is 2.45. The molecule has 1 aliphatic rings. The Morgan fingerprint density at radius 3 is 2.96 bits per heavy atom. The van der Waals surface area contributed by atoms with Gasteiger partial charge in [0.05, 0.1) is 17.3 Å². The van der Waals surface area contributed by atoms with E-state index in [-0.39, 0.29) is 24.1 Å². The molecule has 2 aromatic rings. The van der Waals surface area contributed by atoms with Crippen molar-refractivity contribution in [3.05, 3.63) is 40.1 Å². The zero-order valence-electron chi connectivity index (χ0n) is 13.2. The lowest BCUT2D eigenvalue weighted by molar-refractivity contribution is -0.127. The Morgan fingerprint density at radius 2 is 2.25 bits per heavy atom. The second kappa shape index (κ2) is 6.42. The lowest BCUT2D eigenvalue weighted by atomic mass is 10.1. The normalized spacial score (nSPS) is 17.3. The standard InChI is InChI=1S/C17H15FN4OS/c1-3-4-10-5-11(8-20-7-10)12-9-24-16(15(12)18)13-6-14(23)22(2)17(19)21-13/h5,7-9,13H,6H2,1-2H3,(H2,19,21)/t13-/m0/s1. The summed E-state index contributed by atoms with van der Waals surface area (Å²) in [5.74, 6) is 5.24. The van der Waals surface area contributed by atoms with E-state index in [0.717, 1.165) is 5.56 Å². The number of nitrogens with two attached hydrogens (primary N) is 1. The molecule has 5 nitrogen and oxygen atoms in total. The third-order valence-electron chi connectivity index (χ3n) is 3.75. The van der Waals surface area contributed by atoms with Crippen molar-refractivity contribution in [3.63, 3.8) is 0 Å². The molecule has 2 aromatic heterocycles. The molecule has 24 heavy (non-hydrogen) atoms. The second-order valence-electron chi connectivity index (χ2n) is 5.32. The molecule has 0 unspecified atom stereocenters. The van der Waals surface area contributed by atoms with Crippen LogP contribution in [0.2, 0.25) is 0 Å². The molecule has 0 spiro atoms. The van der Waals surface area contributed by atoms with E-state index in [4.69, 9.17) is 5.73 Å². The first kappa shape index (κ1) is 16.1. The largest absolute Gasteiger partial charge is 0.369 e. The van der Waals surface area contributed by atoms with Crippen LogP contribution in [-0.4, -0.2) is 28.8 Å². The maximum Gasteiger partial charge on any atom is 0.231 e. The minimum Gasteiger partial charge on any atom is -0.369 e. The van der Waals surface area contributed by atoms with Crippen LogP contribution in [0, 0.1) is 17.7 Å². The van der Waals surface area contributed by atoms with E-state index < -0.39 is 6.04 Å². The highest BCUT2D eigenvalue weighted by Gasteiger charge is 2.29. The van der Waals surface area contributed by atoms with Gasteiger partial charge in [-0.15, -0.1) is 17.3 Å². The minimum atomic E-state index is -0.584. The van der Waals surface area contributed by atoms with E-state index in [2.05, 4.69) is 21.8 Å². The van der Waals surface area contributed by atoms with E-state index in [1.807, 2.05) is 0 Å². The molecular formula is C17H15FN4OS. The van der Waals surface area contributed by atoms with Crippen molar-refractivity contribution in [1.82, 2.24) is 9.88 Å². The van der Waals surface area contributed by atoms with E-state index in [1.165, 1.54) is 16.2 Å². The highest BCUT2D eigenvalue weighted by molar-refractivity contribution is 7.10. The number of aliphatic imine (C=N–C) groups is 1. The lowest BCUT2D eigenvalue weighted by Crippen LogP contribution is -2.42. The van der Waals surface area contributed by atoms with Gasteiger partial charge in [-0.05, 0) is 13.0 Å². The number of hydrogen-bond donors (Lipinski definition) is 1. The van der Waals surface area contributed by atoms with Gasteiger partial charge in [0.15, 0.2) is 5.96 Å². The number of guanidine groups is 1. The van der Waals surface area contributed by atoms with Crippen molar-refractivity contribution in [2.75, 3.05) is 7.05 Å². The molecule has 3 rings (SSSR count). The van der Waals surface area contributed by atoms with E-state index in [0.29, 0.717) is 16.0 Å². The summed E-state index contributed by atoms with van der Waals surface area (Å²) in [6.45, 7) is 1.73. The number of pyridine rings is 1. The number of thiophene rings is 1. The molecule has 0 radical (unpaired) electrons. The van der Waals surface area contributed by atoms with Gasteiger partial charge in [0.1, 0.15) is 5.82 Å². The van der Waals surface area contributed by atoms with Crippen molar-refractivity contribution >= 4 is 23.2 Å². The Labute approximate surface area is 143 Å². The summed E-state index contributed by atoms with van der Waals surface area (Å²) in [5, 5.41) is 1.71. The van der Waals surface area contributed by atoms with Crippen LogP contribution in [0.25, 0.3) is 11.1 Å². The summed E-state index contributed by atoms with van der Waals surface area (Å²) in [5.41, 5.74) is 7.53. The monoisotopic (exact) mass is 342 g/mol. The zero-order chi connectivity index (χ0) is 17.3. The van der Waals surface area contributed by atoms with Gasteiger partial charge in [-0.25, -0.2) is 9.38 Å². The van der Waals surface area contributed by atoms with Crippen LogP contribution in [0.4, 0.5) is 4.39 Å². The van der Waals surface area contributed by atoms with Crippen molar-refractivity contribution in [3.8, 4) is 23.0 Å². The zero-order valence-corrected chi connectivity index (χ0v) is 14.0. The van der Waals surface area contributed by atoms with Crippen molar-refractivity contribution in [2.24, 2.45) is 10.7 Å². The fourth-order valence-corrected chi connectivity index (χ4v) is 3.44. The second-order valence-corrected chi connectivity index (χ2v) is 6.24. The number of halogens is 1. The third kappa shape index (κ3) is 2.88. The average molecular weight is 342 g/mol. The quantitative estimate of drug-likeness (QED) is 0.853. The van der Waals surface area contributed by atoms with Gasteiger partial charge in [0, 0.05) is 41.5 Å². The third-order valence-corrected chi connectivity index (χ3v) is 4.81. The van der Waals surface area contributed by atoms with Gasteiger partial charge in [-0.3, -0.25) is 14.7 Å². The van der Waals surface area contributed by atoms with Gasteiger partial charge in [0.25, 0.3) is 0 Å². The van der Waals surface area contributed by atoms with Crippen LogP contribution in [0.5, 0.6) is 0 Å². The smallest absolute Gasteiger partial charge is 0.231 e. The van der Waals surface area contributed by atoms with E-state index >= 15 is 0 Å². The summed E-state index contributed by atoms with van der Waals surface area (Å²) in [6.07, 6.45) is 3.33. The lowest BCUT2D eigenvalue weighted by Gasteiger charge is -2.24. The van der Waals surface area contributed by atoms with Crippen LogP contribution in [-0.2, 0) is 4.79 Å². The highest BCUT2D eigenvalue weighted by Crippen LogP contribution is 2.37. The Bertz CT molecular complexity index is 893. The van der Waals surface area contributed by atoms with Crippen molar-refractivity contribution in [2.45, 2.75) is 19.4 Å². The molecule has 7 heteroatoms. The summed E-state index contributed by atoms with van der Waals surface area (Å²) in [4.78, 5) is 21.9. The molecule has 1 atom stereocenters. The SMILES string of the molecule is CC#Cc1cncc(-c2csc([C@@H]3CC(=O)N(C)C(N)=N3)c2F)c1.